The molecule has 0 N–H and O–H groups in total. The number of benzene rings is 1. The molecule has 0 aliphatic heterocycles. The van der Waals surface area contributed by atoms with Crippen LogP contribution in [-0.2, 0) is 0 Å². The highest BCUT2D eigenvalue weighted by Crippen LogP contribution is 2.37. The molecule has 3 heteroatoms. The third-order valence-corrected chi connectivity index (χ3v) is 4.49. The van der Waals surface area contributed by atoms with Crippen LogP contribution in [-0.4, -0.2) is 4.98 Å². The Kier molecular flexibility index (Phi) is 4.12. The molecular formula is C15H15BrFN. The van der Waals surface area contributed by atoms with Gasteiger partial charge in [0, 0.05) is 17.2 Å². The fraction of sp³-hybridized carbons (Fsp3) is 0.267. The lowest BCUT2D eigenvalue weighted by Gasteiger charge is -2.19. The van der Waals surface area contributed by atoms with Crippen molar-refractivity contribution in [2.75, 3.05) is 0 Å². The molecule has 0 amide bonds. The maximum Gasteiger partial charge on any atom is 0.126 e. The van der Waals surface area contributed by atoms with Gasteiger partial charge in [-0.2, -0.15) is 0 Å². The quantitative estimate of drug-likeness (QED) is 0.744. The van der Waals surface area contributed by atoms with Crippen LogP contribution in [0.25, 0.3) is 0 Å². The van der Waals surface area contributed by atoms with E-state index < -0.39 is 0 Å². The highest BCUT2D eigenvalue weighted by Gasteiger charge is 2.18. The molecule has 1 nitrogen and oxygen atoms in total. The first-order chi connectivity index (χ1) is 8.59. The average Bonchev–Trinajstić information content (AvgIpc) is 2.41. The Labute approximate surface area is 115 Å². The predicted octanol–water partition coefficient (Wildman–Crippen LogP) is 4.77. The van der Waals surface area contributed by atoms with Gasteiger partial charge in [-0.05, 0) is 47.7 Å². The van der Waals surface area contributed by atoms with E-state index in [1.165, 1.54) is 11.6 Å². The minimum absolute atomic E-state index is 0.157. The number of halogens is 2. The van der Waals surface area contributed by atoms with Crippen molar-refractivity contribution in [1.29, 1.82) is 0 Å². The van der Waals surface area contributed by atoms with Crippen molar-refractivity contribution in [3.63, 3.8) is 0 Å². The Morgan fingerprint density at radius 3 is 2.39 bits per heavy atom. The van der Waals surface area contributed by atoms with Crippen molar-refractivity contribution >= 4 is 15.9 Å². The molecule has 2 rings (SSSR count). The van der Waals surface area contributed by atoms with Crippen LogP contribution >= 0.6 is 15.9 Å². The lowest BCUT2D eigenvalue weighted by Crippen LogP contribution is -2.03. The second-order valence-corrected chi connectivity index (χ2v) is 5.47. The lowest BCUT2D eigenvalue weighted by molar-refractivity contribution is 0.616. The van der Waals surface area contributed by atoms with E-state index in [1.807, 2.05) is 24.3 Å². The van der Waals surface area contributed by atoms with Crippen molar-refractivity contribution < 1.29 is 4.39 Å². The summed E-state index contributed by atoms with van der Waals surface area (Å²) < 4.78 is 13.3. The molecule has 2 unspecified atom stereocenters. The number of alkyl halides is 1. The number of hydrogen-bond donors (Lipinski definition) is 0. The number of pyridine rings is 1. The van der Waals surface area contributed by atoms with Crippen molar-refractivity contribution in [3.8, 4) is 0 Å². The van der Waals surface area contributed by atoms with E-state index in [0.29, 0.717) is 11.5 Å². The first kappa shape index (κ1) is 13.2. The zero-order chi connectivity index (χ0) is 13.1. The summed E-state index contributed by atoms with van der Waals surface area (Å²) in [6.07, 6.45) is 3.59. The van der Waals surface area contributed by atoms with E-state index in [1.54, 1.807) is 19.3 Å². The molecule has 1 aromatic heterocycles. The Hall–Kier alpha value is -1.22. The first-order valence-electron chi connectivity index (χ1n) is 5.89. The van der Waals surface area contributed by atoms with Crippen LogP contribution < -0.4 is 0 Å². The van der Waals surface area contributed by atoms with E-state index in [-0.39, 0.29) is 10.6 Å². The summed E-state index contributed by atoms with van der Waals surface area (Å²) in [5, 5.41) is 0. The second kappa shape index (κ2) is 5.61. The maximum absolute atomic E-state index is 13.3. The van der Waals surface area contributed by atoms with Gasteiger partial charge in [0.15, 0.2) is 0 Å². The van der Waals surface area contributed by atoms with Gasteiger partial charge in [-0.15, -0.1) is 0 Å². The highest BCUT2D eigenvalue weighted by molar-refractivity contribution is 9.09. The normalized spacial score (nSPS) is 14.2. The SMILES string of the molecule is Cc1cc(C(Br)C(C)c2ccncc2)ccc1F. The van der Waals surface area contributed by atoms with Crippen molar-refractivity contribution in [2.45, 2.75) is 24.6 Å². The van der Waals surface area contributed by atoms with E-state index in [4.69, 9.17) is 0 Å². The summed E-state index contributed by atoms with van der Waals surface area (Å²) in [6, 6.07) is 9.27. The van der Waals surface area contributed by atoms with Crippen LogP contribution in [0, 0.1) is 12.7 Å². The molecule has 0 radical (unpaired) electrons. The molecule has 0 spiro atoms. The monoisotopic (exact) mass is 307 g/mol. The lowest BCUT2D eigenvalue weighted by atomic mass is 9.93. The maximum atomic E-state index is 13.3. The number of aromatic nitrogens is 1. The standard InChI is InChI=1S/C15H15BrFN/c1-10-9-13(3-4-14(10)17)15(16)11(2)12-5-7-18-8-6-12/h3-9,11,15H,1-2H3. The minimum atomic E-state index is -0.157. The van der Waals surface area contributed by atoms with Gasteiger partial charge in [-0.1, -0.05) is 35.0 Å². The summed E-state index contributed by atoms with van der Waals surface area (Å²) in [6.45, 7) is 3.93. The van der Waals surface area contributed by atoms with E-state index in [2.05, 4.69) is 27.8 Å². The smallest absolute Gasteiger partial charge is 0.126 e. The van der Waals surface area contributed by atoms with Gasteiger partial charge >= 0.3 is 0 Å². The zero-order valence-electron chi connectivity index (χ0n) is 10.4. The zero-order valence-corrected chi connectivity index (χ0v) is 12.0. The topological polar surface area (TPSA) is 12.9 Å². The Balaban J connectivity index is 2.25. The van der Waals surface area contributed by atoms with Gasteiger partial charge in [-0.3, -0.25) is 4.98 Å². The molecule has 0 bridgehead atoms. The van der Waals surface area contributed by atoms with Gasteiger partial charge < -0.3 is 0 Å². The van der Waals surface area contributed by atoms with Gasteiger partial charge in [-0.25, -0.2) is 4.39 Å². The summed E-state index contributed by atoms with van der Waals surface area (Å²) >= 11 is 3.70. The number of rotatable bonds is 3. The number of aryl methyl sites for hydroxylation is 1. The molecule has 1 aromatic carbocycles. The molecule has 18 heavy (non-hydrogen) atoms. The highest BCUT2D eigenvalue weighted by atomic mass is 79.9. The van der Waals surface area contributed by atoms with Gasteiger partial charge in [0.2, 0.25) is 0 Å². The number of hydrogen-bond acceptors (Lipinski definition) is 1. The molecule has 2 atom stereocenters. The van der Waals surface area contributed by atoms with Crippen LogP contribution in [0.3, 0.4) is 0 Å². The molecule has 0 aliphatic rings. The summed E-state index contributed by atoms with van der Waals surface area (Å²) in [4.78, 5) is 4.19. The summed E-state index contributed by atoms with van der Waals surface area (Å²) in [5.74, 6) is 0.146. The van der Waals surface area contributed by atoms with E-state index in [0.717, 1.165) is 5.56 Å². The van der Waals surface area contributed by atoms with Crippen LogP contribution in [0.15, 0.2) is 42.7 Å². The third-order valence-electron chi connectivity index (χ3n) is 3.17. The fourth-order valence-corrected chi connectivity index (χ4v) is 2.55. The average molecular weight is 308 g/mol. The first-order valence-corrected chi connectivity index (χ1v) is 6.81. The molecule has 94 valence electrons. The Morgan fingerprint density at radius 2 is 1.78 bits per heavy atom. The third kappa shape index (κ3) is 2.78. The minimum Gasteiger partial charge on any atom is -0.265 e. The summed E-state index contributed by atoms with van der Waals surface area (Å²) in [7, 11) is 0. The van der Waals surface area contributed by atoms with Crippen LogP contribution in [0.1, 0.15) is 34.4 Å². The van der Waals surface area contributed by atoms with Crippen LogP contribution in [0.4, 0.5) is 4.39 Å². The van der Waals surface area contributed by atoms with E-state index >= 15 is 0 Å². The Bertz CT molecular complexity index is 527. The fourth-order valence-electron chi connectivity index (χ4n) is 1.96. The number of nitrogens with zero attached hydrogens (tertiary/aromatic N) is 1. The molecule has 1 heterocycles. The van der Waals surface area contributed by atoms with Crippen LogP contribution in [0.5, 0.6) is 0 Å². The largest absolute Gasteiger partial charge is 0.265 e. The molecule has 0 saturated heterocycles. The van der Waals surface area contributed by atoms with Crippen molar-refractivity contribution in [3.05, 3.63) is 65.2 Å². The van der Waals surface area contributed by atoms with Crippen molar-refractivity contribution in [1.82, 2.24) is 4.98 Å². The molecule has 0 aliphatic carbocycles. The molecule has 0 saturated carbocycles. The van der Waals surface area contributed by atoms with Gasteiger partial charge in [0.1, 0.15) is 5.82 Å². The Morgan fingerprint density at radius 1 is 1.11 bits per heavy atom. The molecular weight excluding hydrogens is 293 g/mol. The van der Waals surface area contributed by atoms with Gasteiger partial charge in [0.05, 0.1) is 0 Å². The van der Waals surface area contributed by atoms with E-state index in [9.17, 15) is 4.39 Å². The summed E-state index contributed by atoms with van der Waals surface area (Å²) in [5.41, 5.74) is 2.99. The van der Waals surface area contributed by atoms with Crippen molar-refractivity contribution in [2.24, 2.45) is 0 Å². The van der Waals surface area contributed by atoms with Gasteiger partial charge in [0.25, 0.3) is 0 Å². The predicted molar refractivity (Wildman–Crippen MR) is 75.5 cm³/mol. The molecule has 2 aromatic rings. The second-order valence-electron chi connectivity index (χ2n) is 4.48. The van der Waals surface area contributed by atoms with Crippen LogP contribution in [0.2, 0.25) is 0 Å². The molecule has 0 fully saturated rings.